The van der Waals surface area contributed by atoms with Crippen molar-refractivity contribution in [3.63, 3.8) is 0 Å². The van der Waals surface area contributed by atoms with E-state index in [-0.39, 0.29) is 12.0 Å². The Bertz CT molecular complexity index is 1030. The molecule has 1 aliphatic heterocycles. The summed E-state index contributed by atoms with van der Waals surface area (Å²) in [5.41, 5.74) is 1.91. The van der Waals surface area contributed by atoms with E-state index in [4.69, 9.17) is 4.74 Å². The lowest BCUT2D eigenvalue weighted by Gasteiger charge is -2.35. The molecule has 1 saturated carbocycles. The predicted molar refractivity (Wildman–Crippen MR) is 108 cm³/mol. The summed E-state index contributed by atoms with van der Waals surface area (Å²) in [7, 11) is 0. The normalized spacial score (nSPS) is 17.2. The van der Waals surface area contributed by atoms with E-state index in [1.165, 1.54) is 6.42 Å². The van der Waals surface area contributed by atoms with Crippen molar-refractivity contribution in [2.24, 2.45) is 0 Å². The fourth-order valence-corrected chi connectivity index (χ4v) is 3.59. The Hall–Kier alpha value is -3.29. The zero-order chi connectivity index (χ0) is 19.6. The van der Waals surface area contributed by atoms with Gasteiger partial charge in [0.2, 0.25) is 5.88 Å². The first-order valence-corrected chi connectivity index (χ1v) is 10.0. The summed E-state index contributed by atoms with van der Waals surface area (Å²) in [5, 5.41) is 0. The van der Waals surface area contributed by atoms with Crippen molar-refractivity contribution in [3.05, 3.63) is 48.5 Å². The zero-order valence-corrected chi connectivity index (χ0v) is 16.1. The van der Waals surface area contributed by atoms with Gasteiger partial charge < -0.3 is 14.5 Å². The maximum absolute atomic E-state index is 12.9. The number of amides is 1. The number of anilines is 1. The number of benzene rings is 1. The van der Waals surface area contributed by atoms with Gasteiger partial charge in [0.25, 0.3) is 5.91 Å². The van der Waals surface area contributed by atoms with Gasteiger partial charge in [-0.25, -0.2) is 15.0 Å². The maximum atomic E-state index is 12.9. The lowest BCUT2D eigenvalue weighted by molar-refractivity contribution is 0.0740. The molecule has 2 fully saturated rings. The molecule has 0 unspecified atom stereocenters. The van der Waals surface area contributed by atoms with Crippen LogP contribution in [0.15, 0.2) is 42.9 Å². The molecule has 2 aliphatic rings. The Morgan fingerprint density at radius 1 is 1.00 bits per heavy atom. The summed E-state index contributed by atoms with van der Waals surface area (Å²) in [5.74, 6) is 1.39. The molecule has 148 valence electrons. The van der Waals surface area contributed by atoms with Crippen LogP contribution >= 0.6 is 0 Å². The van der Waals surface area contributed by atoms with Crippen LogP contribution in [0.2, 0.25) is 0 Å². The largest absolute Gasteiger partial charge is 0.474 e. The molecule has 0 N–H and O–H groups in total. The average molecular weight is 390 g/mol. The highest BCUT2D eigenvalue weighted by Gasteiger charge is 2.25. The van der Waals surface area contributed by atoms with Gasteiger partial charge in [-0.2, -0.15) is 0 Å². The number of piperazine rings is 1. The van der Waals surface area contributed by atoms with Gasteiger partial charge in [0.15, 0.2) is 0 Å². The molecule has 1 saturated heterocycles. The highest BCUT2D eigenvalue weighted by atomic mass is 16.5. The molecule has 0 bridgehead atoms. The van der Waals surface area contributed by atoms with E-state index in [0.717, 1.165) is 29.7 Å². The number of nitrogens with zero attached hydrogens (tertiary/aromatic N) is 6. The van der Waals surface area contributed by atoms with Crippen LogP contribution in [-0.2, 0) is 0 Å². The van der Waals surface area contributed by atoms with Crippen LogP contribution in [0.1, 0.15) is 29.8 Å². The molecular formula is C21H22N6O2. The van der Waals surface area contributed by atoms with Crippen molar-refractivity contribution >= 4 is 22.8 Å². The molecule has 2 aromatic heterocycles. The Morgan fingerprint density at radius 2 is 1.79 bits per heavy atom. The van der Waals surface area contributed by atoms with Crippen LogP contribution in [-0.4, -0.2) is 63.0 Å². The summed E-state index contributed by atoms with van der Waals surface area (Å²) in [6.45, 7) is 2.62. The molecule has 0 radical (unpaired) electrons. The molecular weight excluding hydrogens is 368 g/mol. The minimum Gasteiger partial charge on any atom is -0.474 e. The first-order valence-electron chi connectivity index (χ1n) is 10.0. The van der Waals surface area contributed by atoms with Crippen LogP contribution in [0.4, 0.5) is 5.82 Å². The molecule has 0 spiro atoms. The number of aromatic nitrogens is 4. The van der Waals surface area contributed by atoms with Gasteiger partial charge >= 0.3 is 0 Å². The molecule has 3 aromatic rings. The third-order valence-electron chi connectivity index (χ3n) is 5.53. The van der Waals surface area contributed by atoms with Gasteiger partial charge in [-0.1, -0.05) is 12.1 Å². The Labute approximate surface area is 168 Å². The summed E-state index contributed by atoms with van der Waals surface area (Å²) >= 11 is 0. The number of carbonyl (C=O) groups excluding carboxylic acids is 1. The van der Waals surface area contributed by atoms with Crippen molar-refractivity contribution in [1.82, 2.24) is 24.8 Å². The van der Waals surface area contributed by atoms with Gasteiger partial charge in [-0.3, -0.25) is 9.78 Å². The number of ether oxygens (including phenoxy) is 1. The lowest BCUT2D eigenvalue weighted by Crippen LogP contribution is -2.49. The quantitative estimate of drug-likeness (QED) is 0.676. The molecule has 3 heterocycles. The SMILES string of the molecule is O=C(c1cnc2ccccc2n1)N1CCN(c2cc(OC3CCC3)ncn2)CC1. The second kappa shape index (κ2) is 7.62. The second-order valence-electron chi connectivity index (χ2n) is 7.41. The van der Waals surface area contributed by atoms with Gasteiger partial charge in [0.05, 0.1) is 17.2 Å². The number of hydrogen-bond acceptors (Lipinski definition) is 7. The highest BCUT2D eigenvalue weighted by molar-refractivity contribution is 5.94. The van der Waals surface area contributed by atoms with E-state index < -0.39 is 0 Å². The van der Waals surface area contributed by atoms with E-state index in [2.05, 4.69) is 24.8 Å². The van der Waals surface area contributed by atoms with Gasteiger partial charge in [0.1, 0.15) is 23.9 Å². The summed E-state index contributed by atoms with van der Waals surface area (Å²) in [6, 6.07) is 9.46. The Kier molecular flexibility index (Phi) is 4.67. The van der Waals surface area contributed by atoms with Crippen LogP contribution < -0.4 is 9.64 Å². The van der Waals surface area contributed by atoms with Crippen molar-refractivity contribution in [3.8, 4) is 5.88 Å². The molecule has 8 heteroatoms. The minimum absolute atomic E-state index is 0.0837. The molecule has 29 heavy (non-hydrogen) atoms. The highest BCUT2D eigenvalue weighted by Crippen LogP contribution is 2.25. The molecule has 1 amide bonds. The summed E-state index contributed by atoms with van der Waals surface area (Å²) in [4.78, 5) is 34.3. The molecule has 1 aliphatic carbocycles. The molecule has 8 nitrogen and oxygen atoms in total. The number of fused-ring (bicyclic) bond motifs is 1. The summed E-state index contributed by atoms with van der Waals surface area (Å²) < 4.78 is 5.88. The third-order valence-corrected chi connectivity index (χ3v) is 5.53. The van der Waals surface area contributed by atoms with Crippen molar-refractivity contribution in [1.29, 1.82) is 0 Å². The Balaban J connectivity index is 1.23. The fraction of sp³-hybridized carbons (Fsp3) is 0.381. The van der Waals surface area contributed by atoms with Crippen molar-refractivity contribution in [2.45, 2.75) is 25.4 Å². The van der Waals surface area contributed by atoms with Crippen LogP contribution in [0.3, 0.4) is 0 Å². The van der Waals surface area contributed by atoms with Gasteiger partial charge in [-0.15, -0.1) is 0 Å². The minimum atomic E-state index is -0.0837. The average Bonchev–Trinajstić information content (AvgIpc) is 2.76. The number of hydrogen-bond donors (Lipinski definition) is 0. The molecule has 0 atom stereocenters. The molecule has 5 rings (SSSR count). The zero-order valence-electron chi connectivity index (χ0n) is 16.1. The topological polar surface area (TPSA) is 84.3 Å². The third kappa shape index (κ3) is 3.70. The predicted octanol–water partition coefficient (Wildman–Crippen LogP) is 2.31. The number of carbonyl (C=O) groups is 1. The monoisotopic (exact) mass is 390 g/mol. The second-order valence-corrected chi connectivity index (χ2v) is 7.41. The first kappa shape index (κ1) is 17.8. The van der Waals surface area contributed by atoms with Crippen molar-refractivity contribution < 1.29 is 9.53 Å². The van der Waals surface area contributed by atoms with Crippen LogP contribution in [0.25, 0.3) is 11.0 Å². The number of para-hydroxylation sites is 2. The van der Waals surface area contributed by atoms with Gasteiger partial charge in [-0.05, 0) is 31.4 Å². The Morgan fingerprint density at radius 3 is 2.55 bits per heavy atom. The van der Waals surface area contributed by atoms with E-state index in [0.29, 0.717) is 37.8 Å². The van der Waals surface area contributed by atoms with Crippen LogP contribution in [0, 0.1) is 0 Å². The first-order chi connectivity index (χ1) is 14.3. The lowest BCUT2D eigenvalue weighted by atomic mass is 9.96. The van der Waals surface area contributed by atoms with E-state index in [1.807, 2.05) is 35.2 Å². The molecule has 1 aromatic carbocycles. The fourth-order valence-electron chi connectivity index (χ4n) is 3.59. The van der Waals surface area contributed by atoms with E-state index >= 15 is 0 Å². The van der Waals surface area contributed by atoms with E-state index in [9.17, 15) is 4.79 Å². The maximum Gasteiger partial charge on any atom is 0.274 e. The van der Waals surface area contributed by atoms with Crippen molar-refractivity contribution in [2.75, 3.05) is 31.1 Å². The van der Waals surface area contributed by atoms with E-state index in [1.54, 1.807) is 12.5 Å². The summed E-state index contributed by atoms with van der Waals surface area (Å²) in [6.07, 6.45) is 6.81. The smallest absolute Gasteiger partial charge is 0.274 e. The standard InChI is InChI=1S/C21H22N6O2/c28-21(18-13-22-16-6-1-2-7-17(16)25-18)27-10-8-26(9-11-27)19-12-20(24-14-23-19)29-15-4-3-5-15/h1-2,6-7,12-15H,3-5,8-11H2. The number of rotatable bonds is 4. The van der Waals surface area contributed by atoms with Crippen LogP contribution in [0.5, 0.6) is 5.88 Å². The van der Waals surface area contributed by atoms with Gasteiger partial charge in [0, 0.05) is 32.2 Å².